The summed E-state index contributed by atoms with van der Waals surface area (Å²) in [6.07, 6.45) is 3.49. The average Bonchev–Trinajstić information content (AvgIpc) is 3.04. The van der Waals surface area contributed by atoms with Gasteiger partial charge in [0.2, 0.25) is 0 Å². The third-order valence-corrected chi connectivity index (χ3v) is 5.85. The molecule has 0 unspecified atom stereocenters. The second kappa shape index (κ2) is 6.13. The molecule has 0 spiro atoms. The molecule has 1 aliphatic rings. The summed E-state index contributed by atoms with van der Waals surface area (Å²) in [7, 11) is 0. The highest BCUT2D eigenvalue weighted by molar-refractivity contribution is 9.11. The monoisotopic (exact) mass is 387 g/mol. The first-order chi connectivity index (χ1) is 11.2. The molecule has 0 amide bonds. The Morgan fingerprint density at radius 2 is 1.96 bits per heavy atom. The molecule has 1 aromatic carbocycles. The van der Waals surface area contributed by atoms with E-state index < -0.39 is 0 Å². The standard InChI is InChI=1S/C18H18BrN3S/c1-12-5-7-13(8-6-12)22-18-14(4-2-3-11-20-18)17(21-22)15-9-10-16(19)23-15/h5-10,20H,2-4,11H2,1H3. The lowest BCUT2D eigenvalue weighted by Gasteiger charge is -2.09. The minimum absolute atomic E-state index is 1.01. The summed E-state index contributed by atoms with van der Waals surface area (Å²) in [6.45, 7) is 3.12. The molecule has 2 aromatic heterocycles. The molecule has 4 rings (SSSR count). The second-order valence-electron chi connectivity index (χ2n) is 5.91. The molecule has 0 bridgehead atoms. The Morgan fingerprint density at radius 3 is 2.70 bits per heavy atom. The molecule has 0 saturated carbocycles. The third kappa shape index (κ3) is 2.83. The molecule has 3 aromatic rings. The third-order valence-electron chi connectivity index (χ3n) is 4.21. The van der Waals surface area contributed by atoms with Crippen LogP contribution >= 0.6 is 27.3 Å². The van der Waals surface area contributed by atoms with E-state index in [1.165, 1.54) is 28.8 Å². The predicted octanol–water partition coefficient (Wildman–Crippen LogP) is 5.42. The Hall–Kier alpha value is -1.59. The van der Waals surface area contributed by atoms with E-state index in [0.29, 0.717) is 0 Å². The molecular weight excluding hydrogens is 370 g/mol. The molecule has 0 atom stereocenters. The van der Waals surface area contributed by atoms with Crippen molar-refractivity contribution in [2.75, 3.05) is 11.9 Å². The van der Waals surface area contributed by atoms with E-state index in [-0.39, 0.29) is 0 Å². The number of aromatic nitrogens is 2. The van der Waals surface area contributed by atoms with Gasteiger partial charge < -0.3 is 5.32 Å². The minimum Gasteiger partial charge on any atom is -0.370 e. The number of thiophene rings is 1. The van der Waals surface area contributed by atoms with Gasteiger partial charge in [-0.05, 0) is 66.4 Å². The Balaban J connectivity index is 1.89. The first-order valence-electron chi connectivity index (χ1n) is 7.91. The number of nitrogens with zero attached hydrogens (tertiary/aromatic N) is 2. The topological polar surface area (TPSA) is 29.9 Å². The van der Waals surface area contributed by atoms with Gasteiger partial charge in [0.25, 0.3) is 0 Å². The fourth-order valence-corrected chi connectivity index (χ4v) is 4.41. The summed E-state index contributed by atoms with van der Waals surface area (Å²) < 4.78 is 3.22. The van der Waals surface area contributed by atoms with E-state index in [1.54, 1.807) is 11.3 Å². The van der Waals surface area contributed by atoms with E-state index in [1.807, 2.05) is 0 Å². The van der Waals surface area contributed by atoms with Crippen LogP contribution in [0.4, 0.5) is 5.82 Å². The number of halogens is 1. The number of fused-ring (bicyclic) bond motifs is 1. The highest BCUT2D eigenvalue weighted by atomic mass is 79.9. The van der Waals surface area contributed by atoms with Gasteiger partial charge in [-0.3, -0.25) is 0 Å². The van der Waals surface area contributed by atoms with Crippen LogP contribution in [0.5, 0.6) is 0 Å². The van der Waals surface area contributed by atoms with Crippen molar-refractivity contribution in [3.05, 3.63) is 51.3 Å². The molecule has 0 fully saturated rings. The van der Waals surface area contributed by atoms with Crippen LogP contribution in [0.1, 0.15) is 24.0 Å². The van der Waals surface area contributed by atoms with Crippen LogP contribution in [-0.4, -0.2) is 16.3 Å². The van der Waals surface area contributed by atoms with Crippen molar-refractivity contribution in [3.63, 3.8) is 0 Å². The summed E-state index contributed by atoms with van der Waals surface area (Å²) in [5.74, 6) is 1.16. The quantitative estimate of drug-likeness (QED) is 0.635. The van der Waals surface area contributed by atoms with E-state index >= 15 is 0 Å². The lowest BCUT2D eigenvalue weighted by Crippen LogP contribution is -2.07. The van der Waals surface area contributed by atoms with Gasteiger partial charge in [0.1, 0.15) is 11.5 Å². The second-order valence-corrected chi connectivity index (χ2v) is 8.37. The molecule has 3 nitrogen and oxygen atoms in total. The van der Waals surface area contributed by atoms with Gasteiger partial charge >= 0.3 is 0 Å². The predicted molar refractivity (Wildman–Crippen MR) is 101 cm³/mol. The zero-order chi connectivity index (χ0) is 15.8. The van der Waals surface area contributed by atoms with E-state index in [4.69, 9.17) is 5.10 Å². The summed E-state index contributed by atoms with van der Waals surface area (Å²) in [4.78, 5) is 1.22. The maximum absolute atomic E-state index is 4.96. The molecule has 5 heteroatoms. The first-order valence-corrected chi connectivity index (χ1v) is 9.52. The maximum Gasteiger partial charge on any atom is 0.133 e. The van der Waals surface area contributed by atoms with Crippen molar-refractivity contribution in [2.24, 2.45) is 0 Å². The SMILES string of the molecule is Cc1ccc(-n2nc(-c3ccc(Br)s3)c3c2NCCCC3)cc1. The molecule has 23 heavy (non-hydrogen) atoms. The summed E-state index contributed by atoms with van der Waals surface area (Å²) >= 11 is 5.31. The Bertz CT molecular complexity index is 833. The fraction of sp³-hybridized carbons (Fsp3) is 0.278. The van der Waals surface area contributed by atoms with Gasteiger partial charge in [-0.2, -0.15) is 5.10 Å². The Labute approximate surface area is 148 Å². The van der Waals surface area contributed by atoms with Crippen LogP contribution in [0.3, 0.4) is 0 Å². The van der Waals surface area contributed by atoms with Crippen LogP contribution in [0.25, 0.3) is 16.3 Å². The number of hydrogen-bond donors (Lipinski definition) is 1. The van der Waals surface area contributed by atoms with Crippen LogP contribution in [0.15, 0.2) is 40.2 Å². The molecule has 118 valence electrons. The number of anilines is 1. The molecule has 0 radical (unpaired) electrons. The smallest absolute Gasteiger partial charge is 0.133 e. The van der Waals surface area contributed by atoms with Crippen molar-refractivity contribution in [3.8, 4) is 16.3 Å². The number of hydrogen-bond acceptors (Lipinski definition) is 3. The summed E-state index contributed by atoms with van der Waals surface area (Å²) in [5, 5.41) is 8.56. The molecule has 0 saturated heterocycles. The van der Waals surface area contributed by atoms with Gasteiger partial charge in [0.15, 0.2) is 0 Å². The summed E-state index contributed by atoms with van der Waals surface area (Å²) in [5.41, 5.74) is 4.84. The van der Waals surface area contributed by atoms with Gasteiger partial charge in [-0.15, -0.1) is 11.3 Å². The van der Waals surface area contributed by atoms with Crippen LogP contribution in [0, 0.1) is 6.92 Å². The summed E-state index contributed by atoms with van der Waals surface area (Å²) in [6, 6.07) is 12.8. The molecule has 3 heterocycles. The normalized spacial score (nSPS) is 14.2. The molecule has 1 aliphatic heterocycles. The zero-order valence-electron chi connectivity index (χ0n) is 13.0. The Morgan fingerprint density at radius 1 is 1.13 bits per heavy atom. The lowest BCUT2D eigenvalue weighted by atomic mass is 10.1. The van der Waals surface area contributed by atoms with E-state index in [0.717, 1.165) is 34.0 Å². The number of nitrogens with one attached hydrogen (secondary N) is 1. The van der Waals surface area contributed by atoms with Crippen molar-refractivity contribution in [1.82, 2.24) is 9.78 Å². The van der Waals surface area contributed by atoms with E-state index in [9.17, 15) is 0 Å². The number of benzene rings is 1. The maximum atomic E-state index is 4.96. The van der Waals surface area contributed by atoms with Gasteiger partial charge in [0, 0.05) is 12.1 Å². The number of rotatable bonds is 2. The molecule has 0 aliphatic carbocycles. The van der Waals surface area contributed by atoms with Gasteiger partial charge in [-0.1, -0.05) is 17.7 Å². The van der Waals surface area contributed by atoms with Gasteiger partial charge in [-0.25, -0.2) is 4.68 Å². The van der Waals surface area contributed by atoms with E-state index in [2.05, 4.69) is 69.3 Å². The zero-order valence-corrected chi connectivity index (χ0v) is 15.4. The van der Waals surface area contributed by atoms with Crippen molar-refractivity contribution >= 4 is 33.1 Å². The highest BCUT2D eigenvalue weighted by Gasteiger charge is 2.22. The molecular formula is C18H18BrN3S. The van der Waals surface area contributed by atoms with Crippen LogP contribution < -0.4 is 5.32 Å². The lowest BCUT2D eigenvalue weighted by molar-refractivity contribution is 0.780. The van der Waals surface area contributed by atoms with Crippen molar-refractivity contribution in [2.45, 2.75) is 26.2 Å². The van der Waals surface area contributed by atoms with Crippen molar-refractivity contribution in [1.29, 1.82) is 0 Å². The number of aryl methyl sites for hydroxylation is 1. The minimum atomic E-state index is 1.01. The largest absolute Gasteiger partial charge is 0.370 e. The van der Waals surface area contributed by atoms with Crippen LogP contribution in [-0.2, 0) is 6.42 Å². The first kappa shape index (κ1) is 15.0. The van der Waals surface area contributed by atoms with Gasteiger partial charge in [0.05, 0.1) is 14.4 Å². The molecule has 1 N–H and O–H groups in total. The highest BCUT2D eigenvalue weighted by Crippen LogP contribution is 2.38. The Kier molecular flexibility index (Phi) is 3.99. The van der Waals surface area contributed by atoms with Crippen LogP contribution in [0.2, 0.25) is 0 Å². The fourth-order valence-electron chi connectivity index (χ4n) is 3.01. The average molecular weight is 388 g/mol. The van der Waals surface area contributed by atoms with Crippen molar-refractivity contribution < 1.29 is 0 Å².